The molecule has 1 N–H and O–H groups in total. The summed E-state index contributed by atoms with van der Waals surface area (Å²) in [5.74, 6) is 0.0176. The van der Waals surface area contributed by atoms with Crippen molar-refractivity contribution in [1.29, 1.82) is 0 Å². The van der Waals surface area contributed by atoms with E-state index in [0.717, 1.165) is 23.0 Å². The van der Waals surface area contributed by atoms with E-state index in [-0.39, 0.29) is 6.54 Å². The van der Waals surface area contributed by atoms with Crippen molar-refractivity contribution in [3.8, 4) is 33.6 Å². The van der Waals surface area contributed by atoms with Gasteiger partial charge in [0, 0.05) is 41.7 Å². The summed E-state index contributed by atoms with van der Waals surface area (Å²) >= 11 is 0. The topological polar surface area (TPSA) is 85.6 Å². The molecule has 0 aliphatic rings. The summed E-state index contributed by atoms with van der Waals surface area (Å²) in [6.07, 6.45) is 3.97. The molecule has 0 fully saturated rings. The molecule has 0 radical (unpaired) electrons. The number of anilines is 1. The maximum absolute atomic E-state index is 13.8. The van der Waals surface area contributed by atoms with Crippen LogP contribution in [0.4, 0.5) is 10.2 Å². The van der Waals surface area contributed by atoms with Crippen LogP contribution in [0.5, 0.6) is 0 Å². The summed E-state index contributed by atoms with van der Waals surface area (Å²) in [4.78, 5) is 20.2. The molecule has 3 heterocycles. The van der Waals surface area contributed by atoms with Gasteiger partial charge >= 0.3 is 0 Å². The average molecular weight is 465 g/mol. The van der Waals surface area contributed by atoms with Gasteiger partial charge in [0.25, 0.3) is 0 Å². The molecule has 7 nitrogen and oxygen atoms in total. The zero-order chi connectivity index (χ0) is 24.0. The molecular formula is C27H21FN6O. The fourth-order valence-corrected chi connectivity index (χ4v) is 3.84. The number of nitrogens with one attached hydrogen (secondary N) is 1. The summed E-state index contributed by atoms with van der Waals surface area (Å²) in [6.45, 7) is 0.245. The first-order valence-corrected chi connectivity index (χ1v) is 11.1. The van der Waals surface area contributed by atoms with E-state index < -0.39 is 12.0 Å². The van der Waals surface area contributed by atoms with Crippen molar-refractivity contribution >= 4 is 12.1 Å². The van der Waals surface area contributed by atoms with Crippen LogP contribution < -0.4 is 5.32 Å². The lowest BCUT2D eigenvalue weighted by atomic mass is 10.0. The van der Waals surface area contributed by atoms with Crippen LogP contribution in [0.25, 0.3) is 33.6 Å². The van der Waals surface area contributed by atoms with Crippen LogP contribution in [0.15, 0.2) is 97.3 Å². The quantitative estimate of drug-likeness (QED) is 0.255. The third-order valence-corrected chi connectivity index (χ3v) is 5.58. The monoisotopic (exact) mass is 464 g/mol. The first-order valence-electron chi connectivity index (χ1n) is 11.1. The Kier molecular flexibility index (Phi) is 6.34. The maximum atomic E-state index is 13.8. The fraction of sp³-hybridized carbons (Fsp3) is 0.0741. The Balaban J connectivity index is 1.43. The molecule has 0 saturated carbocycles. The van der Waals surface area contributed by atoms with Crippen molar-refractivity contribution in [1.82, 2.24) is 25.0 Å². The number of pyridine rings is 2. The first kappa shape index (κ1) is 22.1. The third-order valence-electron chi connectivity index (χ3n) is 5.58. The second-order valence-corrected chi connectivity index (χ2v) is 7.85. The number of halogens is 1. The highest BCUT2D eigenvalue weighted by molar-refractivity contribution is 5.78. The minimum absolute atomic E-state index is 0.245. The number of hydrogen-bond donors (Lipinski definition) is 1. The number of nitrogens with zero attached hydrogens (tertiary/aromatic N) is 5. The molecule has 1 unspecified atom stereocenters. The number of carbonyl (C=O) groups excluding carboxylic acids is 1. The largest absolute Gasteiger partial charge is 0.367 e. The molecule has 0 aliphatic carbocycles. The van der Waals surface area contributed by atoms with Crippen LogP contribution in [0.3, 0.4) is 0 Å². The van der Waals surface area contributed by atoms with Crippen LogP contribution in [-0.2, 0) is 4.79 Å². The number of carbonyl (C=O) groups is 1. The van der Waals surface area contributed by atoms with Crippen molar-refractivity contribution in [2.75, 3.05) is 11.9 Å². The van der Waals surface area contributed by atoms with Gasteiger partial charge in [0.2, 0.25) is 5.95 Å². The molecule has 5 rings (SSSR count). The molecule has 0 aliphatic heterocycles. The van der Waals surface area contributed by atoms with E-state index in [9.17, 15) is 9.18 Å². The second-order valence-electron chi connectivity index (χ2n) is 7.85. The highest BCUT2D eigenvalue weighted by Crippen LogP contribution is 2.32. The van der Waals surface area contributed by atoms with Crippen molar-refractivity contribution in [2.45, 2.75) is 6.04 Å². The molecule has 8 heteroatoms. The van der Waals surface area contributed by atoms with Gasteiger partial charge < -0.3 is 10.1 Å². The molecule has 0 spiro atoms. The first-order chi connectivity index (χ1) is 17.2. The summed E-state index contributed by atoms with van der Waals surface area (Å²) in [6, 6.07) is 25.6. The van der Waals surface area contributed by atoms with Crippen LogP contribution in [0.2, 0.25) is 0 Å². The normalized spacial score (nSPS) is 11.7. The van der Waals surface area contributed by atoms with Gasteiger partial charge in [-0.2, -0.15) is 4.39 Å². The standard InChI is InChI=1S/C27H21FN6O/c28-24-15-21(13-14-29-24)26-27(20-9-5-2-6-10-20)34(33-32-26)23(18-35)17-31-25-12-11-22(16-30-25)19-7-3-1-4-8-19/h1-16,18,23H,17H2,(H,30,31). The van der Waals surface area contributed by atoms with E-state index in [1.54, 1.807) is 16.9 Å². The van der Waals surface area contributed by atoms with Crippen LogP contribution in [0.1, 0.15) is 6.04 Å². The Morgan fingerprint density at radius 1 is 0.857 bits per heavy atom. The molecule has 2 aromatic carbocycles. The molecule has 172 valence electrons. The van der Waals surface area contributed by atoms with Crippen molar-refractivity contribution in [3.05, 3.63) is 103 Å². The van der Waals surface area contributed by atoms with E-state index in [1.807, 2.05) is 72.8 Å². The smallest absolute Gasteiger partial charge is 0.213 e. The van der Waals surface area contributed by atoms with Gasteiger partial charge in [-0.05, 0) is 23.8 Å². The molecule has 35 heavy (non-hydrogen) atoms. The predicted octanol–water partition coefficient (Wildman–Crippen LogP) is 5.06. The maximum Gasteiger partial charge on any atom is 0.213 e. The van der Waals surface area contributed by atoms with Crippen LogP contribution in [-0.4, -0.2) is 37.8 Å². The summed E-state index contributed by atoms with van der Waals surface area (Å²) in [7, 11) is 0. The zero-order valence-electron chi connectivity index (χ0n) is 18.6. The highest BCUT2D eigenvalue weighted by atomic mass is 19.1. The number of aldehydes is 1. The predicted molar refractivity (Wildman–Crippen MR) is 132 cm³/mol. The second kappa shape index (κ2) is 10.0. The van der Waals surface area contributed by atoms with E-state index in [4.69, 9.17) is 0 Å². The molecule has 3 aromatic heterocycles. The van der Waals surface area contributed by atoms with Crippen molar-refractivity contribution in [2.24, 2.45) is 0 Å². The Labute approximate surface area is 201 Å². The van der Waals surface area contributed by atoms with Gasteiger partial charge in [-0.1, -0.05) is 65.9 Å². The number of benzene rings is 2. The van der Waals surface area contributed by atoms with Gasteiger partial charge in [-0.25, -0.2) is 14.6 Å². The Morgan fingerprint density at radius 2 is 1.60 bits per heavy atom. The van der Waals surface area contributed by atoms with Gasteiger partial charge in [0.15, 0.2) is 0 Å². The molecule has 5 aromatic rings. The van der Waals surface area contributed by atoms with E-state index in [0.29, 0.717) is 22.8 Å². The summed E-state index contributed by atoms with van der Waals surface area (Å²) in [5, 5.41) is 11.8. The van der Waals surface area contributed by atoms with Crippen LogP contribution in [0, 0.1) is 5.95 Å². The van der Waals surface area contributed by atoms with Crippen molar-refractivity contribution < 1.29 is 9.18 Å². The minimum Gasteiger partial charge on any atom is -0.367 e. The van der Waals surface area contributed by atoms with E-state index in [1.165, 1.54) is 12.3 Å². The lowest BCUT2D eigenvalue weighted by Crippen LogP contribution is -2.22. The Bertz CT molecular complexity index is 1420. The Morgan fingerprint density at radius 3 is 2.26 bits per heavy atom. The lowest BCUT2D eigenvalue weighted by molar-refractivity contribution is -0.110. The molecule has 0 bridgehead atoms. The fourth-order valence-electron chi connectivity index (χ4n) is 3.84. The van der Waals surface area contributed by atoms with Gasteiger partial charge in [-0.15, -0.1) is 5.10 Å². The van der Waals surface area contributed by atoms with E-state index in [2.05, 4.69) is 25.6 Å². The van der Waals surface area contributed by atoms with E-state index >= 15 is 0 Å². The van der Waals surface area contributed by atoms with Gasteiger partial charge in [-0.3, -0.25) is 0 Å². The van der Waals surface area contributed by atoms with Gasteiger partial charge in [0.05, 0.1) is 5.69 Å². The van der Waals surface area contributed by atoms with Gasteiger partial charge in [0.1, 0.15) is 23.8 Å². The number of aromatic nitrogens is 5. The van der Waals surface area contributed by atoms with Crippen molar-refractivity contribution in [3.63, 3.8) is 0 Å². The number of rotatable bonds is 8. The summed E-state index contributed by atoms with van der Waals surface area (Å²) in [5.41, 5.74) is 4.49. The lowest BCUT2D eigenvalue weighted by Gasteiger charge is -2.16. The number of hydrogen-bond acceptors (Lipinski definition) is 6. The summed E-state index contributed by atoms with van der Waals surface area (Å²) < 4.78 is 15.4. The minimum atomic E-state index is -0.672. The molecular weight excluding hydrogens is 443 g/mol. The molecule has 1 atom stereocenters. The third kappa shape index (κ3) is 4.81. The SMILES string of the molecule is O=CC(CNc1ccc(-c2ccccc2)cn1)n1nnc(-c2ccnc(F)c2)c1-c1ccccc1. The molecule has 0 saturated heterocycles. The average Bonchev–Trinajstić information content (AvgIpc) is 3.35. The Hall–Kier alpha value is -4.72. The molecule has 0 amide bonds. The van der Waals surface area contributed by atoms with Crippen LogP contribution >= 0.6 is 0 Å². The zero-order valence-corrected chi connectivity index (χ0v) is 18.6. The highest BCUT2D eigenvalue weighted by Gasteiger charge is 2.22.